The highest BCUT2D eigenvalue weighted by Crippen LogP contribution is 2.11. The number of halogens is 1. The standard InChI is InChI=1S/C12H19NO2.ClH/c1-3-15-12-6-4-11(5-7-12)9-13-8-10(2)14;/h4-7,10,13-14H,3,8-9H2,1-2H3;1H. The van der Waals surface area contributed by atoms with Gasteiger partial charge in [0.05, 0.1) is 12.7 Å². The van der Waals surface area contributed by atoms with Crippen molar-refractivity contribution in [3.63, 3.8) is 0 Å². The van der Waals surface area contributed by atoms with Gasteiger partial charge >= 0.3 is 0 Å². The molecule has 0 aliphatic carbocycles. The molecule has 1 unspecified atom stereocenters. The van der Waals surface area contributed by atoms with Crippen molar-refractivity contribution in [2.45, 2.75) is 26.5 Å². The Morgan fingerprint density at radius 1 is 1.31 bits per heavy atom. The molecule has 0 saturated carbocycles. The quantitative estimate of drug-likeness (QED) is 0.805. The van der Waals surface area contributed by atoms with Crippen molar-refractivity contribution < 1.29 is 9.84 Å². The van der Waals surface area contributed by atoms with Gasteiger partial charge in [0.2, 0.25) is 0 Å². The minimum absolute atomic E-state index is 0. The lowest BCUT2D eigenvalue weighted by Crippen LogP contribution is -2.23. The van der Waals surface area contributed by atoms with E-state index >= 15 is 0 Å². The lowest BCUT2D eigenvalue weighted by Gasteiger charge is -2.08. The molecule has 1 rings (SSSR count). The van der Waals surface area contributed by atoms with Crippen LogP contribution in [0.15, 0.2) is 24.3 Å². The molecule has 16 heavy (non-hydrogen) atoms. The van der Waals surface area contributed by atoms with Gasteiger partial charge in [-0.1, -0.05) is 12.1 Å². The van der Waals surface area contributed by atoms with E-state index in [9.17, 15) is 0 Å². The Labute approximate surface area is 103 Å². The van der Waals surface area contributed by atoms with Crippen molar-refractivity contribution >= 4 is 12.4 Å². The highest BCUT2D eigenvalue weighted by Gasteiger charge is 1.96. The minimum Gasteiger partial charge on any atom is -0.494 e. The normalized spacial score (nSPS) is 11.7. The summed E-state index contributed by atoms with van der Waals surface area (Å²) in [6.07, 6.45) is -0.298. The summed E-state index contributed by atoms with van der Waals surface area (Å²) in [5.74, 6) is 0.900. The molecule has 2 N–H and O–H groups in total. The smallest absolute Gasteiger partial charge is 0.119 e. The van der Waals surface area contributed by atoms with Crippen LogP contribution in [0.2, 0.25) is 0 Å². The molecule has 0 radical (unpaired) electrons. The molecule has 0 bridgehead atoms. The first-order chi connectivity index (χ1) is 7.22. The molecule has 3 nitrogen and oxygen atoms in total. The summed E-state index contributed by atoms with van der Waals surface area (Å²) >= 11 is 0. The van der Waals surface area contributed by atoms with E-state index in [1.165, 1.54) is 5.56 Å². The molecule has 0 heterocycles. The van der Waals surface area contributed by atoms with Crippen molar-refractivity contribution in [3.8, 4) is 5.75 Å². The van der Waals surface area contributed by atoms with Gasteiger partial charge in [0.1, 0.15) is 5.75 Å². The maximum absolute atomic E-state index is 9.06. The fraction of sp³-hybridized carbons (Fsp3) is 0.500. The number of hydrogen-bond acceptors (Lipinski definition) is 3. The van der Waals surface area contributed by atoms with E-state index in [4.69, 9.17) is 9.84 Å². The first-order valence-corrected chi connectivity index (χ1v) is 5.33. The van der Waals surface area contributed by atoms with Gasteiger partial charge in [0.15, 0.2) is 0 Å². The number of rotatable bonds is 6. The maximum Gasteiger partial charge on any atom is 0.119 e. The Morgan fingerprint density at radius 3 is 2.44 bits per heavy atom. The van der Waals surface area contributed by atoms with Gasteiger partial charge in [-0.25, -0.2) is 0 Å². The van der Waals surface area contributed by atoms with Gasteiger partial charge in [-0.3, -0.25) is 0 Å². The van der Waals surface area contributed by atoms with Crippen LogP contribution in [0, 0.1) is 0 Å². The van der Waals surface area contributed by atoms with Crippen LogP contribution in [0.25, 0.3) is 0 Å². The Bertz CT molecular complexity index is 275. The lowest BCUT2D eigenvalue weighted by atomic mass is 10.2. The predicted octanol–water partition coefficient (Wildman–Crippen LogP) is 1.98. The number of ether oxygens (including phenoxy) is 1. The van der Waals surface area contributed by atoms with Crippen LogP contribution in [-0.4, -0.2) is 24.4 Å². The van der Waals surface area contributed by atoms with E-state index in [1.807, 2.05) is 31.2 Å². The lowest BCUT2D eigenvalue weighted by molar-refractivity contribution is 0.191. The van der Waals surface area contributed by atoms with E-state index in [2.05, 4.69) is 5.32 Å². The zero-order chi connectivity index (χ0) is 11.1. The summed E-state index contributed by atoms with van der Waals surface area (Å²) in [6.45, 7) is 5.83. The number of hydrogen-bond donors (Lipinski definition) is 2. The number of nitrogens with one attached hydrogen (secondary N) is 1. The Balaban J connectivity index is 0.00000225. The second kappa shape index (κ2) is 8.39. The number of aliphatic hydroxyl groups is 1. The van der Waals surface area contributed by atoms with Gasteiger partial charge < -0.3 is 15.2 Å². The predicted molar refractivity (Wildman–Crippen MR) is 68.2 cm³/mol. The molecular weight excluding hydrogens is 226 g/mol. The summed E-state index contributed by atoms with van der Waals surface area (Å²) in [5.41, 5.74) is 1.19. The Hall–Kier alpha value is -0.770. The van der Waals surface area contributed by atoms with Crippen molar-refractivity contribution in [1.82, 2.24) is 5.32 Å². The molecule has 1 aromatic rings. The van der Waals surface area contributed by atoms with Crippen molar-refractivity contribution in [1.29, 1.82) is 0 Å². The summed E-state index contributed by atoms with van der Waals surface area (Å²) in [6, 6.07) is 7.98. The highest BCUT2D eigenvalue weighted by atomic mass is 35.5. The zero-order valence-electron chi connectivity index (χ0n) is 9.77. The number of benzene rings is 1. The van der Waals surface area contributed by atoms with Gasteiger partial charge in [0.25, 0.3) is 0 Å². The molecule has 0 aromatic heterocycles. The second-order valence-corrected chi connectivity index (χ2v) is 3.56. The average molecular weight is 246 g/mol. The second-order valence-electron chi connectivity index (χ2n) is 3.56. The molecule has 0 amide bonds. The van der Waals surface area contributed by atoms with Crippen molar-refractivity contribution in [2.24, 2.45) is 0 Å². The SMILES string of the molecule is CCOc1ccc(CNCC(C)O)cc1.Cl. The molecule has 1 aromatic carbocycles. The average Bonchev–Trinajstić information content (AvgIpc) is 2.20. The zero-order valence-corrected chi connectivity index (χ0v) is 10.6. The third kappa shape index (κ3) is 5.95. The fourth-order valence-electron chi connectivity index (χ4n) is 1.30. The van der Waals surface area contributed by atoms with Gasteiger partial charge in [-0.2, -0.15) is 0 Å². The summed E-state index contributed by atoms with van der Waals surface area (Å²) < 4.78 is 5.34. The van der Waals surface area contributed by atoms with Gasteiger partial charge in [0, 0.05) is 13.1 Å². The summed E-state index contributed by atoms with van der Waals surface area (Å²) in [4.78, 5) is 0. The molecule has 92 valence electrons. The molecule has 1 atom stereocenters. The first kappa shape index (κ1) is 15.2. The molecule has 0 fully saturated rings. The van der Waals surface area contributed by atoms with E-state index < -0.39 is 0 Å². The van der Waals surface area contributed by atoms with Crippen LogP contribution in [0.1, 0.15) is 19.4 Å². The molecule has 0 aliphatic heterocycles. The topological polar surface area (TPSA) is 41.5 Å². The van der Waals surface area contributed by atoms with E-state index in [0.717, 1.165) is 12.3 Å². The molecule has 0 saturated heterocycles. The molecule has 0 aliphatic rings. The first-order valence-electron chi connectivity index (χ1n) is 5.33. The minimum atomic E-state index is -0.298. The van der Waals surface area contributed by atoms with E-state index in [-0.39, 0.29) is 18.5 Å². The van der Waals surface area contributed by atoms with E-state index in [1.54, 1.807) is 6.92 Å². The van der Waals surface area contributed by atoms with Crippen LogP contribution in [0.5, 0.6) is 5.75 Å². The Kier molecular flexibility index (Phi) is 7.99. The van der Waals surface area contributed by atoms with E-state index in [0.29, 0.717) is 13.2 Å². The third-order valence-corrected chi connectivity index (χ3v) is 2.00. The van der Waals surface area contributed by atoms with Crippen LogP contribution in [0.3, 0.4) is 0 Å². The van der Waals surface area contributed by atoms with Gasteiger partial charge in [-0.15, -0.1) is 12.4 Å². The highest BCUT2D eigenvalue weighted by molar-refractivity contribution is 5.85. The largest absolute Gasteiger partial charge is 0.494 e. The third-order valence-electron chi connectivity index (χ3n) is 2.00. The molecular formula is C12H20ClNO2. The van der Waals surface area contributed by atoms with Crippen molar-refractivity contribution in [2.75, 3.05) is 13.2 Å². The summed E-state index contributed by atoms with van der Waals surface area (Å²) in [5, 5.41) is 12.2. The van der Waals surface area contributed by atoms with Crippen molar-refractivity contribution in [3.05, 3.63) is 29.8 Å². The molecule has 0 spiro atoms. The fourth-order valence-corrected chi connectivity index (χ4v) is 1.30. The maximum atomic E-state index is 9.06. The van der Waals surface area contributed by atoms with Crippen LogP contribution >= 0.6 is 12.4 Å². The van der Waals surface area contributed by atoms with Crippen LogP contribution in [0.4, 0.5) is 0 Å². The van der Waals surface area contributed by atoms with Crippen LogP contribution < -0.4 is 10.1 Å². The monoisotopic (exact) mass is 245 g/mol. The Morgan fingerprint density at radius 2 is 1.94 bits per heavy atom. The summed E-state index contributed by atoms with van der Waals surface area (Å²) in [7, 11) is 0. The molecule has 4 heteroatoms. The van der Waals surface area contributed by atoms with Crippen LogP contribution in [-0.2, 0) is 6.54 Å². The van der Waals surface area contributed by atoms with Gasteiger partial charge in [-0.05, 0) is 31.5 Å². The number of aliphatic hydroxyl groups excluding tert-OH is 1.